The van der Waals surface area contributed by atoms with Crippen LogP contribution in [0.5, 0.6) is 0 Å². The number of carboxylic acids is 1. The second-order valence-corrected chi connectivity index (χ2v) is 32.2. The standard InChI is InChI=1S/C55H64N10O9Si3/c1-70-30-31-71-32-33-72-36-46(67)57-29-17-35-76(4,5)74-77(73-75(2,3)34-16-28-56-45(66)26-14-15-27-47(68)69)64-52-41-22-10-11-23-42(41)54(64)62-50-39-20-8-9-21-40(39)51(59-50)63-55-44-25-13-12-24-43(44)53(65(55)77)61-49-38-19-7-6-18-37(38)48(58-49)60-52/h6-13,18-25H,14-17,26-36H2,1-5H3,(H,56,66)(H,57,67)(H,68,69). The number of aliphatic imine (C=N–C) groups is 4. The Kier molecular flexibility index (Phi) is 16.0. The van der Waals surface area contributed by atoms with Gasteiger partial charge in [-0.3, -0.25) is 22.8 Å². The Morgan fingerprint density at radius 2 is 0.948 bits per heavy atom. The van der Waals surface area contributed by atoms with Crippen LogP contribution in [0.4, 0.5) is 11.6 Å². The van der Waals surface area contributed by atoms with Crippen LogP contribution in [0.3, 0.4) is 0 Å². The van der Waals surface area contributed by atoms with Gasteiger partial charge >= 0.3 is 14.9 Å². The number of hydrogen-bond acceptors (Lipinski definition) is 14. The average molecular weight is 1090 g/mol. The maximum atomic E-state index is 13.0. The van der Waals surface area contributed by atoms with Gasteiger partial charge in [0.25, 0.3) is 0 Å². The Morgan fingerprint density at radius 3 is 1.44 bits per heavy atom. The molecule has 0 spiro atoms. The smallest absolute Gasteiger partial charge is 0.481 e. The van der Waals surface area contributed by atoms with E-state index in [1.807, 2.05) is 72.8 Å². The molecular formula is C55H64N10O9Si3. The number of amidine groups is 4. The number of carbonyl (C=O) groups excluding carboxylic acids is 2. The Morgan fingerprint density at radius 1 is 0.519 bits per heavy atom. The third-order valence-electron chi connectivity index (χ3n) is 13.8. The number of carbonyl (C=O) groups is 3. The van der Waals surface area contributed by atoms with Gasteiger partial charge in [-0.1, -0.05) is 97.1 Å². The lowest BCUT2D eigenvalue weighted by Crippen LogP contribution is -2.70. The Bertz CT molecular complexity index is 3370. The highest BCUT2D eigenvalue weighted by Crippen LogP contribution is 2.45. The number of amides is 2. The van der Waals surface area contributed by atoms with E-state index in [1.165, 1.54) is 0 Å². The van der Waals surface area contributed by atoms with Crippen molar-refractivity contribution in [3.05, 3.63) is 130 Å². The molecule has 4 aliphatic heterocycles. The monoisotopic (exact) mass is 1090 g/mol. The van der Waals surface area contributed by atoms with Gasteiger partial charge in [0.05, 0.1) is 26.4 Å². The summed E-state index contributed by atoms with van der Waals surface area (Å²) in [4.78, 5) is 70.1. The summed E-state index contributed by atoms with van der Waals surface area (Å²) in [7, 11) is -8.94. The lowest BCUT2D eigenvalue weighted by molar-refractivity contribution is -0.137. The predicted octanol–water partition coefficient (Wildman–Crippen LogP) is 7.15. The number of carboxylic acid groups (broad SMARTS) is 1. The third kappa shape index (κ3) is 11.4. The Balaban J connectivity index is 1.15. The number of rotatable bonds is 25. The molecule has 0 fully saturated rings. The van der Waals surface area contributed by atoms with Crippen LogP contribution in [0.1, 0.15) is 60.8 Å². The van der Waals surface area contributed by atoms with Crippen molar-refractivity contribution in [2.45, 2.75) is 76.8 Å². The van der Waals surface area contributed by atoms with Gasteiger partial charge in [-0.15, -0.1) is 0 Å². The van der Waals surface area contributed by atoms with Crippen molar-refractivity contribution in [1.82, 2.24) is 19.1 Å². The summed E-state index contributed by atoms with van der Waals surface area (Å²) in [6.07, 6.45) is 2.41. The van der Waals surface area contributed by atoms with Crippen LogP contribution in [0.25, 0.3) is 21.5 Å². The van der Waals surface area contributed by atoms with Gasteiger partial charge in [-0.25, -0.2) is 30.0 Å². The fraction of sp³-hybridized carbons (Fsp3) is 0.364. The summed E-state index contributed by atoms with van der Waals surface area (Å²) in [5.74, 6) is 1.85. The first kappa shape index (κ1) is 53.5. The van der Waals surface area contributed by atoms with E-state index >= 15 is 0 Å². The number of hydrogen-bond donors (Lipinski definition) is 3. The molecule has 0 saturated heterocycles. The molecule has 0 radical (unpaired) electrons. The van der Waals surface area contributed by atoms with E-state index in [2.05, 4.69) is 69.6 Å². The van der Waals surface area contributed by atoms with Gasteiger partial charge in [0.2, 0.25) is 11.8 Å². The lowest BCUT2D eigenvalue weighted by atomic mass is 10.1. The molecule has 6 bridgehead atoms. The van der Waals surface area contributed by atoms with Crippen LogP contribution >= 0.6 is 0 Å². The minimum Gasteiger partial charge on any atom is -0.481 e. The molecule has 10 rings (SSSR count). The van der Waals surface area contributed by atoms with Gasteiger partial charge in [0.15, 0.2) is 40.0 Å². The van der Waals surface area contributed by atoms with Crippen molar-refractivity contribution >= 4 is 99.8 Å². The Hall–Kier alpha value is -6.90. The first-order valence-corrected chi connectivity index (χ1v) is 34.3. The largest absolute Gasteiger partial charge is 0.582 e. The molecule has 4 aliphatic rings. The fourth-order valence-electron chi connectivity index (χ4n) is 10.2. The molecule has 1 atom stereocenters. The van der Waals surface area contributed by atoms with Crippen LogP contribution in [-0.4, -0.2) is 133 Å². The lowest BCUT2D eigenvalue weighted by Gasteiger charge is -2.43. The maximum absolute atomic E-state index is 13.0. The molecule has 6 aromatic rings. The van der Waals surface area contributed by atoms with E-state index in [0.29, 0.717) is 117 Å². The first-order valence-electron chi connectivity index (χ1n) is 26.3. The summed E-state index contributed by atoms with van der Waals surface area (Å²) in [5, 5.41) is 18.5. The minimum atomic E-state index is -4.53. The maximum Gasteiger partial charge on any atom is 0.582 e. The molecule has 6 heterocycles. The molecule has 0 saturated carbocycles. The second kappa shape index (κ2) is 23.0. The third-order valence-corrected chi connectivity index (χ3v) is 25.4. The summed E-state index contributed by atoms with van der Waals surface area (Å²) in [6, 6.07) is 33.5. The van der Waals surface area contributed by atoms with Crippen LogP contribution < -0.4 is 21.6 Å². The van der Waals surface area contributed by atoms with Crippen molar-refractivity contribution < 1.29 is 41.9 Å². The highest BCUT2D eigenvalue weighted by atomic mass is 28.5. The van der Waals surface area contributed by atoms with E-state index in [1.54, 1.807) is 7.11 Å². The highest BCUT2D eigenvalue weighted by molar-refractivity contribution is 6.88. The van der Waals surface area contributed by atoms with Crippen molar-refractivity contribution in [3.63, 3.8) is 0 Å². The molecule has 4 aromatic carbocycles. The molecule has 2 aromatic heterocycles. The number of nitrogens with one attached hydrogen (secondary N) is 2. The van der Waals surface area contributed by atoms with Crippen LogP contribution in [0.15, 0.2) is 127 Å². The molecule has 400 valence electrons. The average Bonchev–Trinajstić information content (AvgIpc) is 4.18. The van der Waals surface area contributed by atoms with Gasteiger partial charge in [0, 0.05) is 76.8 Å². The molecule has 2 amide bonds. The molecule has 19 nitrogen and oxygen atoms in total. The second-order valence-electron chi connectivity index (χ2n) is 20.6. The number of methoxy groups -OCH3 is 1. The van der Waals surface area contributed by atoms with E-state index in [4.69, 9.17) is 57.5 Å². The summed E-state index contributed by atoms with van der Waals surface area (Å²) in [6.45, 7) is 11.0. The number of ether oxygens (including phenoxy) is 3. The number of fused-ring (bicyclic) bond motifs is 14. The van der Waals surface area contributed by atoms with Gasteiger partial charge in [-0.2, -0.15) is 0 Å². The number of nitrogens with zero attached hydrogens (tertiary/aromatic N) is 8. The molecular weight excluding hydrogens is 1030 g/mol. The number of unbranched alkanes of at least 4 members (excludes halogenated alkanes) is 1. The zero-order valence-electron chi connectivity index (χ0n) is 44.1. The van der Waals surface area contributed by atoms with E-state index in [-0.39, 0.29) is 37.9 Å². The highest BCUT2D eigenvalue weighted by Gasteiger charge is 2.58. The minimum absolute atomic E-state index is 0.0273. The van der Waals surface area contributed by atoms with E-state index in [9.17, 15) is 14.4 Å². The SMILES string of the molecule is COCCOCCOCC(=O)NCCC[Si](C)(C)O[Si]1(O[Si](C)(C)CCCNC(=O)CCCCC(=O)O)n2c3c4ccccc4c2N=C2N=C(N=c4c5ccccc5c(n41)=NC1=NC(=N3)c3ccccc31)c1ccccc12. The van der Waals surface area contributed by atoms with Crippen molar-refractivity contribution in [2.75, 3.05) is 53.2 Å². The van der Waals surface area contributed by atoms with Gasteiger partial charge < -0.3 is 38.2 Å². The number of aromatic nitrogens is 2. The normalized spacial score (nSPS) is 16.1. The van der Waals surface area contributed by atoms with E-state index < -0.39 is 31.5 Å². The van der Waals surface area contributed by atoms with Crippen molar-refractivity contribution in [3.8, 4) is 0 Å². The summed E-state index contributed by atoms with van der Waals surface area (Å²) < 4.78 is 37.0. The quantitative estimate of drug-likeness (QED) is 0.0390. The Labute approximate surface area is 449 Å². The molecule has 77 heavy (non-hydrogen) atoms. The zero-order valence-corrected chi connectivity index (χ0v) is 47.1. The molecule has 3 N–H and O–H groups in total. The van der Waals surface area contributed by atoms with Crippen molar-refractivity contribution in [2.24, 2.45) is 30.0 Å². The molecule has 1 unspecified atom stereocenters. The first-order chi connectivity index (χ1) is 37.3. The molecule has 0 aliphatic carbocycles. The summed E-state index contributed by atoms with van der Waals surface area (Å²) in [5.41, 5.74) is 4.43. The summed E-state index contributed by atoms with van der Waals surface area (Å²) >= 11 is 0. The van der Waals surface area contributed by atoms with Gasteiger partial charge in [-0.05, 0) is 64.0 Å². The van der Waals surface area contributed by atoms with Gasteiger partial charge in [0.1, 0.15) is 29.2 Å². The van der Waals surface area contributed by atoms with Crippen LogP contribution in [-0.2, 0) is 36.8 Å². The predicted molar refractivity (Wildman–Crippen MR) is 303 cm³/mol. The van der Waals surface area contributed by atoms with Crippen molar-refractivity contribution in [1.29, 1.82) is 0 Å². The zero-order chi connectivity index (χ0) is 53.7. The van der Waals surface area contributed by atoms with Crippen LogP contribution in [0.2, 0.25) is 38.3 Å². The topological polar surface area (TPSA) is 226 Å². The van der Waals surface area contributed by atoms with E-state index in [0.717, 1.165) is 43.8 Å². The number of aliphatic carboxylic acids is 1. The number of benzene rings is 4. The van der Waals surface area contributed by atoms with Crippen LogP contribution in [0, 0.1) is 0 Å². The fourth-order valence-corrected chi connectivity index (χ4v) is 22.8. The molecule has 22 heteroatoms.